The van der Waals surface area contributed by atoms with Gasteiger partial charge < -0.3 is 10.6 Å². The van der Waals surface area contributed by atoms with E-state index in [1.807, 2.05) is 12.1 Å². The van der Waals surface area contributed by atoms with Gasteiger partial charge in [0.05, 0.1) is 9.95 Å². The van der Waals surface area contributed by atoms with Crippen molar-refractivity contribution in [3.63, 3.8) is 0 Å². The number of anilines is 3. The second-order valence-electron chi connectivity index (χ2n) is 5.11. The molecular weight excluding hydrogens is 379 g/mol. The maximum Gasteiger partial charge on any atom is 0.353 e. The van der Waals surface area contributed by atoms with E-state index in [-0.39, 0.29) is 23.9 Å². The van der Waals surface area contributed by atoms with Gasteiger partial charge in [-0.25, -0.2) is 15.0 Å². The van der Waals surface area contributed by atoms with Crippen LogP contribution in [0.5, 0.6) is 0 Å². The maximum absolute atomic E-state index is 11.5. The highest BCUT2D eigenvalue weighted by molar-refractivity contribution is 6.31. The molecule has 0 atom stereocenters. The molecule has 2 aromatic heterocycles. The Morgan fingerprint density at radius 3 is 2.50 bits per heavy atom. The molecule has 26 heavy (non-hydrogen) atoms. The first-order valence-electron chi connectivity index (χ1n) is 7.40. The van der Waals surface area contributed by atoms with Gasteiger partial charge in [-0.1, -0.05) is 41.4 Å². The number of nitrogens with one attached hydrogen (secondary N) is 2. The zero-order valence-electron chi connectivity index (χ0n) is 13.2. The summed E-state index contributed by atoms with van der Waals surface area (Å²) >= 11 is 11.9. The number of hydrogen-bond donors (Lipinski definition) is 2. The Bertz CT molecular complexity index is 936. The predicted octanol–water partition coefficient (Wildman–Crippen LogP) is 4.44. The molecule has 3 aromatic rings. The van der Waals surface area contributed by atoms with Crippen molar-refractivity contribution in [1.82, 2.24) is 15.0 Å². The van der Waals surface area contributed by atoms with E-state index in [4.69, 9.17) is 23.2 Å². The number of rotatable bonds is 6. The summed E-state index contributed by atoms with van der Waals surface area (Å²) in [6.07, 6.45) is 2.65. The van der Waals surface area contributed by atoms with Crippen LogP contribution in [0.4, 0.5) is 23.1 Å². The Hall–Kier alpha value is -2.97. The monoisotopic (exact) mass is 390 g/mol. The molecule has 0 aliphatic carbocycles. The fraction of sp³-hybridized carbons (Fsp3) is 0.0625. The number of halogens is 2. The third-order valence-corrected chi connectivity index (χ3v) is 3.98. The summed E-state index contributed by atoms with van der Waals surface area (Å²) in [5.74, 6) is 0.455. The first-order chi connectivity index (χ1) is 12.5. The van der Waals surface area contributed by atoms with Gasteiger partial charge in [0.15, 0.2) is 0 Å². The SMILES string of the molecule is O=[N+]([O-])c1c(NCc2ccccc2Cl)ncnc1Nc1ccc(Cl)cn1. The van der Waals surface area contributed by atoms with Crippen molar-refractivity contribution < 1.29 is 4.92 Å². The minimum Gasteiger partial charge on any atom is -0.360 e. The number of hydrogen-bond acceptors (Lipinski definition) is 7. The van der Waals surface area contributed by atoms with E-state index in [9.17, 15) is 10.1 Å². The summed E-state index contributed by atoms with van der Waals surface area (Å²) in [6.45, 7) is 0.274. The third-order valence-electron chi connectivity index (χ3n) is 3.38. The summed E-state index contributed by atoms with van der Waals surface area (Å²) in [4.78, 5) is 22.9. The molecule has 0 unspecified atom stereocenters. The highest BCUT2D eigenvalue weighted by atomic mass is 35.5. The molecule has 2 heterocycles. The van der Waals surface area contributed by atoms with Crippen LogP contribution < -0.4 is 10.6 Å². The molecule has 3 rings (SSSR count). The van der Waals surface area contributed by atoms with Crippen LogP contribution in [0.15, 0.2) is 48.9 Å². The summed E-state index contributed by atoms with van der Waals surface area (Å²) in [6, 6.07) is 10.4. The number of aromatic nitrogens is 3. The number of nitro groups is 1. The smallest absolute Gasteiger partial charge is 0.353 e. The van der Waals surface area contributed by atoms with Gasteiger partial charge in [-0.05, 0) is 23.8 Å². The van der Waals surface area contributed by atoms with Crippen LogP contribution in [0, 0.1) is 10.1 Å². The zero-order chi connectivity index (χ0) is 18.5. The van der Waals surface area contributed by atoms with Crippen molar-refractivity contribution in [3.05, 3.63) is 74.6 Å². The normalized spacial score (nSPS) is 10.4. The number of pyridine rings is 1. The third kappa shape index (κ3) is 4.16. The lowest BCUT2D eigenvalue weighted by Gasteiger charge is -2.10. The Morgan fingerprint density at radius 1 is 1.04 bits per heavy atom. The van der Waals surface area contributed by atoms with Crippen molar-refractivity contribution in [1.29, 1.82) is 0 Å². The molecule has 0 aliphatic rings. The van der Waals surface area contributed by atoms with E-state index >= 15 is 0 Å². The molecule has 0 bridgehead atoms. The van der Waals surface area contributed by atoms with E-state index in [0.29, 0.717) is 15.9 Å². The fourth-order valence-electron chi connectivity index (χ4n) is 2.16. The Morgan fingerprint density at radius 2 is 1.81 bits per heavy atom. The lowest BCUT2D eigenvalue weighted by molar-refractivity contribution is -0.383. The van der Waals surface area contributed by atoms with Crippen LogP contribution in [0.25, 0.3) is 0 Å². The molecule has 0 fully saturated rings. The van der Waals surface area contributed by atoms with Gasteiger partial charge in [-0.2, -0.15) is 0 Å². The lowest BCUT2D eigenvalue weighted by atomic mass is 10.2. The molecular formula is C16H12Cl2N6O2. The van der Waals surface area contributed by atoms with Gasteiger partial charge in [0.25, 0.3) is 0 Å². The van der Waals surface area contributed by atoms with Gasteiger partial charge >= 0.3 is 5.69 Å². The van der Waals surface area contributed by atoms with Crippen LogP contribution in [-0.2, 0) is 6.54 Å². The second kappa shape index (κ2) is 7.94. The molecule has 10 heteroatoms. The Kier molecular flexibility index (Phi) is 5.45. The van der Waals surface area contributed by atoms with Crippen LogP contribution in [0.2, 0.25) is 10.0 Å². The predicted molar refractivity (Wildman–Crippen MR) is 100.0 cm³/mol. The van der Waals surface area contributed by atoms with E-state index in [1.54, 1.807) is 24.3 Å². The van der Waals surface area contributed by atoms with Gasteiger partial charge in [0.2, 0.25) is 11.6 Å². The molecule has 8 nitrogen and oxygen atoms in total. The van der Waals surface area contributed by atoms with Crippen molar-refractivity contribution in [2.75, 3.05) is 10.6 Å². The van der Waals surface area contributed by atoms with E-state index < -0.39 is 4.92 Å². The Balaban J connectivity index is 1.87. The molecule has 0 radical (unpaired) electrons. The standard InChI is InChI=1S/C16H12Cl2N6O2/c17-11-5-6-13(19-8-11)23-16-14(24(25)26)15(21-9-22-16)20-7-10-3-1-2-4-12(10)18/h1-6,8-9H,7H2,(H2,19,20,21,22,23). The van der Waals surface area contributed by atoms with Crippen molar-refractivity contribution in [3.8, 4) is 0 Å². The molecule has 0 saturated heterocycles. The van der Waals surface area contributed by atoms with Gasteiger partial charge in [-0.3, -0.25) is 10.1 Å². The Labute approximate surface area is 158 Å². The van der Waals surface area contributed by atoms with Crippen LogP contribution in [-0.4, -0.2) is 19.9 Å². The maximum atomic E-state index is 11.5. The summed E-state index contributed by atoms with van der Waals surface area (Å²) < 4.78 is 0. The largest absolute Gasteiger partial charge is 0.360 e. The van der Waals surface area contributed by atoms with E-state index in [1.165, 1.54) is 12.5 Å². The molecule has 0 aliphatic heterocycles. The van der Waals surface area contributed by atoms with E-state index in [2.05, 4.69) is 25.6 Å². The topological polar surface area (TPSA) is 106 Å². The highest BCUT2D eigenvalue weighted by Crippen LogP contribution is 2.31. The highest BCUT2D eigenvalue weighted by Gasteiger charge is 2.23. The first kappa shape index (κ1) is 17.8. The van der Waals surface area contributed by atoms with E-state index in [0.717, 1.165) is 5.56 Å². The first-order valence-corrected chi connectivity index (χ1v) is 8.15. The summed E-state index contributed by atoms with van der Waals surface area (Å²) in [5, 5.41) is 18.3. The zero-order valence-corrected chi connectivity index (χ0v) is 14.7. The fourth-order valence-corrected chi connectivity index (χ4v) is 2.48. The lowest BCUT2D eigenvalue weighted by Crippen LogP contribution is -2.08. The van der Waals surface area contributed by atoms with Gasteiger partial charge in [0.1, 0.15) is 12.1 Å². The molecule has 1 aromatic carbocycles. The summed E-state index contributed by atoms with van der Waals surface area (Å²) in [7, 11) is 0. The minimum absolute atomic E-state index is 0.0153. The number of nitrogens with zero attached hydrogens (tertiary/aromatic N) is 4. The molecule has 132 valence electrons. The quantitative estimate of drug-likeness (QED) is 0.473. The molecule has 0 saturated carbocycles. The van der Waals surface area contributed by atoms with Gasteiger partial charge in [-0.15, -0.1) is 0 Å². The molecule has 0 amide bonds. The van der Waals surface area contributed by atoms with Crippen LogP contribution in [0.1, 0.15) is 5.56 Å². The van der Waals surface area contributed by atoms with Crippen molar-refractivity contribution >= 4 is 46.3 Å². The average molecular weight is 391 g/mol. The van der Waals surface area contributed by atoms with Crippen molar-refractivity contribution in [2.24, 2.45) is 0 Å². The van der Waals surface area contributed by atoms with Gasteiger partial charge in [0, 0.05) is 17.8 Å². The second-order valence-corrected chi connectivity index (χ2v) is 5.95. The average Bonchev–Trinajstić information content (AvgIpc) is 2.63. The van der Waals surface area contributed by atoms with Crippen LogP contribution in [0.3, 0.4) is 0 Å². The minimum atomic E-state index is -0.562. The summed E-state index contributed by atoms with van der Waals surface area (Å²) in [5.41, 5.74) is 0.493. The number of benzene rings is 1. The molecule has 2 N–H and O–H groups in total. The van der Waals surface area contributed by atoms with Crippen molar-refractivity contribution in [2.45, 2.75) is 6.54 Å². The van der Waals surface area contributed by atoms with Crippen LogP contribution >= 0.6 is 23.2 Å². The molecule has 0 spiro atoms.